The maximum atomic E-state index is 12.4. The summed E-state index contributed by atoms with van der Waals surface area (Å²) in [5, 5.41) is 0.468. The normalized spacial score (nSPS) is 10.6. The number of alkyl halides is 3. The summed E-state index contributed by atoms with van der Waals surface area (Å²) in [4.78, 5) is 13.2. The zero-order valence-corrected chi connectivity index (χ0v) is 12.0. The fourth-order valence-electron chi connectivity index (χ4n) is 1.35. The molecule has 2 nitrogen and oxygen atoms in total. The minimum Gasteiger partial charge on any atom is -0.332 e. The van der Waals surface area contributed by atoms with E-state index in [4.69, 9.17) is 0 Å². The average molecular weight is 371 g/mol. The summed E-state index contributed by atoms with van der Waals surface area (Å²) in [7, 11) is 0. The number of carbonyl (C=O) groups excluding carboxylic acids is 1. The summed E-state index contributed by atoms with van der Waals surface area (Å²) in [6.07, 6.45) is -2.53. The van der Waals surface area contributed by atoms with Gasteiger partial charge in [-0.3, -0.25) is 4.79 Å². The van der Waals surface area contributed by atoms with Gasteiger partial charge < -0.3 is 4.90 Å². The number of carbonyl (C=O) groups is 1. The third-order valence-corrected chi connectivity index (χ3v) is 3.15. The van der Waals surface area contributed by atoms with Crippen LogP contribution in [0.4, 0.5) is 8.78 Å². The minimum atomic E-state index is -2.53. The molecule has 17 heavy (non-hydrogen) atoms. The van der Waals surface area contributed by atoms with Crippen molar-refractivity contribution < 1.29 is 13.6 Å². The monoisotopic (exact) mass is 369 g/mol. The minimum absolute atomic E-state index is 0.254. The molecule has 0 unspecified atom stereocenters. The molecule has 0 saturated heterocycles. The molecule has 0 saturated carbocycles. The Morgan fingerprint density at radius 1 is 1.35 bits per heavy atom. The third-order valence-electron chi connectivity index (χ3n) is 2.10. The van der Waals surface area contributed by atoms with Gasteiger partial charge in [0.05, 0.1) is 12.1 Å². The molecule has 1 rings (SSSR count). The van der Waals surface area contributed by atoms with Gasteiger partial charge in [-0.05, 0) is 28.1 Å². The van der Waals surface area contributed by atoms with Crippen LogP contribution in [0.15, 0.2) is 28.7 Å². The third kappa shape index (κ3) is 4.35. The standard InChI is InChI=1S/C11H11Br2F2NO/c12-5-6-16(7-10(14)15)11(17)8-3-1-2-4-9(8)13/h1-4,10H,5-7H2. The smallest absolute Gasteiger partial charge is 0.255 e. The quantitative estimate of drug-likeness (QED) is 0.726. The Hall–Kier alpha value is -0.490. The van der Waals surface area contributed by atoms with Crippen molar-refractivity contribution in [3.8, 4) is 0 Å². The highest BCUT2D eigenvalue weighted by Gasteiger charge is 2.20. The molecule has 0 aliphatic heterocycles. The van der Waals surface area contributed by atoms with Crippen LogP contribution in [0, 0.1) is 0 Å². The molecule has 1 aromatic rings. The first-order chi connectivity index (χ1) is 8.06. The Morgan fingerprint density at radius 2 is 2.00 bits per heavy atom. The molecule has 0 bridgehead atoms. The topological polar surface area (TPSA) is 20.3 Å². The Kier molecular flexibility index (Phi) is 6.05. The molecular weight excluding hydrogens is 360 g/mol. The highest BCUT2D eigenvalue weighted by molar-refractivity contribution is 9.10. The number of rotatable bonds is 5. The van der Waals surface area contributed by atoms with Gasteiger partial charge in [-0.15, -0.1) is 0 Å². The van der Waals surface area contributed by atoms with Crippen molar-refractivity contribution in [1.82, 2.24) is 4.90 Å². The van der Waals surface area contributed by atoms with E-state index in [9.17, 15) is 13.6 Å². The molecule has 0 atom stereocenters. The van der Waals surface area contributed by atoms with E-state index in [1.165, 1.54) is 0 Å². The van der Waals surface area contributed by atoms with Crippen molar-refractivity contribution in [3.63, 3.8) is 0 Å². The first-order valence-electron chi connectivity index (χ1n) is 4.94. The Bertz CT molecular complexity index is 387. The number of hydrogen-bond acceptors (Lipinski definition) is 1. The van der Waals surface area contributed by atoms with Crippen LogP contribution in [0.1, 0.15) is 10.4 Å². The van der Waals surface area contributed by atoms with E-state index in [1.807, 2.05) is 0 Å². The second-order valence-corrected chi connectivity index (χ2v) is 4.96. The molecule has 0 aliphatic rings. The lowest BCUT2D eigenvalue weighted by atomic mass is 10.2. The van der Waals surface area contributed by atoms with E-state index < -0.39 is 18.9 Å². The maximum absolute atomic E-state index is 12.4. The van der Waals surface area contributed by atoms with Crippen molar-refractivity contribution in [2.45, 2.75) is 6.43 Å². The second-order valence-electron chi connectivity index (χ2n) is 3.31. The van der Waals surface area contributed by atoms with E-state index in [0.29, 0.717) is 15.4 Å². The van der Waals surface area contributed by atoms with Crippen LogP contribution in [0.25, 0.3) is 0 Å². The molecule has 94 valence electrons. The van der Waals surface area contributed by atoms with Crippen LogP contribution < -0.4 is 0 Å². The predicted octanol–water partition coefficient (Wildman–Crippen LogP) is 3.55. The van der Waals surface area contributed by atoms with Crippen LogP contribution in [0.3, 0.4) is 0 Å². The summed E-state index contributed by atoms with van der Waals surface area (Å²) in [5.41, 5.74) is 0.397. The summed E-state index contributed by atoms with van der Waals surface area (Å²) in [6.45, 7) is -0.295. The van der Waals surface area contributed by atoms with Gasteiger partial charge in [0.15, 0.2) is 0 Å². The summed E-state index contributed by atoms with van der Waals surface area (Å²) >= 11 is 6.38. The van der Waals surface area contributed by atoms with Gasteiger partial charge in [0.2, 0.25) is 0 Å². The van der Waals surface area contributed by atoms with Crippen molar-refractivity contribution in [2.75, 3.05) is 18.4 Å². The highest BCUT2D eigenvalue weighted by Crippen LogP contribution is 2.18. The van der Waals surface area contributed by atoms with Gasteiger partial charge >= 0.3 is 0 Å². The maximum Gasteiger partial charge on any atom is 0.255 e. The Labute approximate surface area is 115 Å². The number of hydrogen-bond donors (Lipinski definition) is 0. The van der Waals surface area contributed by atoms with E-state index in [1.54, 1.807) is 24.3 Å². The molecule has 0 heterocycles. The van der Waals surface area contributed by atoms with E-state index in [2.05, 4.69) is 31.9 Å². The zero-order valence-electron chi connectivity index (χ0n) is 8.88. The molecular formula is C11H11Br2F2NO. The number of benzene rings is 1. The second kappa shape index (κ2) is 7.06. The molecule has 0 aromatic heterocycles. The predicted molar refractivity (Wildman–Crippen MR) is 69.8 cm³/mol. The molecule has 1 amide bonds. The lowest BCUT2D eigenvalue weighted by Gasteiger charge is -2.21. The molecule has 0 spiro atoms. The summed E-state index contributed by atoms with van der Waals surface area (Å²) in [6, 6.07) is 6.79. The van der Waals surface area contributed by atoms with Gasteiger partial charge in [0.1, 0.15) is 0 Å². The van der Waals surface area contributed by atoms with E-state index >= 15 is 0 Å². The first kappa shape index (κ1) is 14.6. The number of nitrogens with zero attached hydrogens (tertiary/aromatic N) is 1. The van der Waals surface area contributed by atoms with Crippen LogP contribution >= 0.6 is 31.9 Å². The van der Waals surface area contributed by atoms with Crippen LogP contribution in [0.5, 0.6) is 0 Å². The van der Waals surface area contributed by atoms with Crippen molar-refractivity contribution >= 4 is 37.8 Å². The van der Waals surface area contributed by atoms with Gasteiger partial charge in [0, 0.05) is 16.3 Å². The average Bonchev–Trinajstić information content (AvgIpc) is 2.28. The Morgan fingerprint density at radius 3 is 2.53 bits per heavy atom. The van der Waals surface area contributed by atoms with E-state index in [-0.39, 0.29) is 6.54 Å². The summed E-state index contributed by atoms with van der Waals surface area (Å²) < 4.78 is 25.3. The number of halogens is 4. The lowest BCUT2D eigenvalue weighted by Crippen LogP contribution is -2.36. The zero-order chi connectivity index (χ0) is 12.8. The summed E-state index contributed by atoms with van der Waals surface area (Å²) in [5.74, 6) is -0.391. The van der Waals surface area contributed by atoms with E-state index in [0.717, 1.165) is 4.90 Å². The van der Waals surface area contributed by atoms with Crippen LogP contribution in [-0.4, -0.2) is 35.7 Å². The van der Waals surface area contributed by atoms with Gasteiger partial charge in [0.25, 0.3) is 12.3 Å². The fraction of sp³-hybridized carbons (Fsp3) is 0.364. The fourth-order valence-corrected chi connectivity index (χ4v) is 2.23. The van der Waals surface area contributed by atoms with Gasteiger partial charge in [-0.2, -0.15) is 0 Å². The van der Waals surface area contributed by atoms with Crippen LogP contribution in [-0.2, 0) is 0 Å². The SMILES string of the molecule is O=C(c1ccccc1Br)N(CCBr)CC(F)F. The number of amides is 1. The van der Waals surface area contributed by atoms with Crippen molar-refractivity contribution in [1.29, 1.82) is 0 Å². The highest BCUT2D eigenvalue weighted by atomic mass is 79.9. The molecule has 1 aromatic carbocycles. The Balaban J connectivity index is 2.88. The lowest BCUT2D eigenvalue weighted by molar-refractivity contribution is 0.0571. The molecule has 0 N–H and O–H groups in total. The van der Waals surface area contributed by atoms with Crippen LogP contribution in [0.2, 0.25) is 0 Å². The van der Waals surface area contributed by atoms with Crippen molar-refractivity contribution in [2.24, 2.45) is 0 Å². The first-order valence-corrected chi connectivity index (χ1v) is 6.85. The molecule has 0 fully saturated rings. The largest absolute Gasteiger partial charge is 0.332 e. The molecule has 0 radical (unpaired) electrons. The molecule has 0 aliphatic carbocycles. The molecule has 6 heteroatoms. The van der Waals surface area contributed by atoms with Gasteiger partial charge in [-0.1, -0.05) is 28.1 Å². The van der Waals surface area contributed by atoms with Crippen molar-refractivity contribution in [3.05, 3.63) is 34.3 Å². The van der Waals surface area contributed by atoms with Gasteiger partial charge in [-0.25, -0.2) is 8.78 Å².